The summed E-state index contributed by atoms with van der Waals surface area (Å²) in [6, 6.07) is 24.5. The van der Waals surface area contributed by atoms with Crippen molar-refractivity contribution in [1.29, 1.82) is 5.26 Å². The standard InChI is InChI=1S/C45H47FN10O4/c1-29(55-19-16-48-26-41(55)37-9-8-35(22-38(37)46)51-40-10-12-42(57)52-45(40)59)54-17-14-30(15-18-54)28-60-36-24-49-44(50-25-36)34-7-3-5-32(21-34)27-56-43(58)13-11-39(53-56)33-6-2-4-31(20-33)23-47/h2-9,11,13,20-22,24-25,29-30,40-41,48,51H,10,12,14-19,26-28H2,1H3,(H,52,57,59). The van der Waals surface area contributed by atoms with Crippen LogP contribution in [0.1, 0.15) is 55.3 Å². The zero-order valence-corrected chi connectivity index (χ0v) is 33.4. The average Bonchev–Trinajstić information content (AvgIpc) is 3.28. The molecule has 5 heterocycles. The topological polar surface area (TPSA) is 170 Å². The molecule has 3 unspecified atom stereocenters. The van der Waals surface area contributed by atoms with E-state index in [2.05, 4.69) is 53.8 Å². The van der Waals surface area contributed by atoms with Crippen LogP contribution in [-0.4, -0.2) is 92.9 Å². The Morgan fingerprint density at radius 3 is 2.53 bits per heavy atom. The molecule has 3 N–H and O–H groups in total. The number of nitriles is 1. The van der Waals surface area contributed by atoms with Gasteiger partial charge in [0.15, 0.2) is 11.6 Å². The summed E-state index contributed by atoms with van der Waals surface area (Å²) >= 11 is 0. The molecule has 0 saturated carbocycles. The summed E-state index contributed by atoms with van der Waals surface area (Å²) in [5, 5.41) is 22.7. The minimum atomic E-state index is -0.573. The highest BCUT2D eigenvalue weighted by molar-refractivity contribution is 6.01. The van der Waals surface area contributed by atoms with E-state index in [-0.39, 0.29) is 48.4 Å². The van der Waals surface area contributed by atoms with E-state index in [4.69, 9.17) is 4.74 Å². The van der Waals surface area contributed by atoms with Gasteiger partial charge in [-0.05, 0) is 74.1 Å². The number of nitrogens with zero attached hydrogens (tertiary/aromatic N) is 7. The molecule has 3 atom stereocenters. The summed E-state index contributed by atoms with van der Waals surface area (Å²) in [4.78, 5) is 50.5. The minimum Gasteiger partial charge on any atom is -0.490 e. The third-order valence-electron chi connectivity index (χ3n) is 11.7. The van der Waals surface area contributed by atoms with Crippen molar-refractivity contribution in [2.45, 2.75) is 57.4 Å². The van der Waals surface area contributed by atoms with Crippen LogP contribution in [0.5, 0.6) is 5.75 Å². The molecule has 3 aromatic carbocycles. The number of anilines is 1. The second-order valence-corrected chi connectivity index (χ2v) is 15.6. The van der Waals surface area contributed by atoms with Crippen LogP contribution < -0.4 is 26.2 Å². The van der Waals surface area contributed by atoms with Gasteiger partial charge < -0.3 is 15.4 Å². The third kappa shape index (κ3) is 9.42. The molecule has 0 aliphatic carbocycles. The van der Waals surface area contributed by atoms with Crippen molar-refractivity contribution in [1.82, 2.24) is 40.2 Å². The lowest BCUT2D eigenvalue weighted by molar-refractivity contribution is -0.133. The number of benzene rings is 3. The predicted molar refractivity (Wildman–Crippen MR) is 223 cm³/mol. The summed E-state index contributed by atoms with van der Waals surface area (Å²) < 4.78 is 23.3. The zero-order chi connectivity index (χ0) is 41.6. The Kier molecular flexibility index (Phi) is 12.3. The van der Waals surface area contributed by atoms with Gasteiger partial charge in [-0.15, -0.1) is 0 Å². The number of carbonyl (C=O) groups excluding carboxylic acids is 2. The van der Waals surface area contributed by atoms with Gasteiger partial charge in [0.2, 0.25) is 11.8 Å². The number of piperazine rings is 1. The predicted octanol–water partition coefficient (Wildman–Crippen LogP) is 4.73. The number of hydrogen-bond donors (Lipinski definition) is 3. The van der Waals surface area contributed by atoms with Crippen LogP contribution in [0.3, 0.4) is 0 Å². The van der Waals surface area contributed by atoms with Crippen molar-refractivity contribution in [3.63, 3.8) is 0 Å². The molecule has 5 aromatic rings. The van der Waals surface area contributed by atoms with Crippen molar-refractivity contribution in [2.24, 2.45) is 5.92 Å². The molecule has 308 valence electrons. The fourth-order valence-corrected chi connectivity index (χ4v) is 8.28. The maximum atomic E-state index is 15.7. The monoisotopic (exact) mass is 810 g/mol. The molecule has 2 aromatic heterocycles. The Balaban J connectivity index is 0.829. The molecule has 3 aliphatic rings. The van der Waals surface area contributed by atoms with E-state index in [1.54, 1.807) is 42.7 Å². The number of hydrogen-bond acceptors (Lipinski definition) is 12. The summed E-state index contributed by atoms with van der Waals surface area (Å²) in [6.07, 6.45) is 6.05. The number of piperidine rings is 2. The van der Waals surface area contributed by atoms with Crippen LogP contribution in [0.4, 0.5) is 10.1 Å². The minimum absolute atomic E-state index is 0.106. The smallest absolute Gasteiger partial charge is 0.267 e. The summed E-state index contributed by atoms with van der Waals surface area (Å²) in [7, 11) is 0. The lowest BCUT2D eigenvalue weighted by Crippen LogP contribution is -2.56. The summed E-state index contributed by atoms with van der Waals surface area (Å²) in [5.74, 6) is 0.514. The van der Waals surface area contributed by atoms with Crippen LogP contribution in [0.2, 0.25) is 0 Å². The highest BCUT2D eigenvalue weighted by Gasteiger charge is 2.34. The number of aromatic nitrogens is 4. The number of halogens is 1. The fourth-order valence-electron chi connectivity index (χ4n) is 8.28. The number of amides is 2. The molecule has 8 rings (SSSR count). The van der Waals surface area contributed by atoms with Crippen molar-refractivity contribution < 1.29 is 18.7 Å². The van der Waals surface area contributed by atoms with Gasteiger partial charge in [0.05, 0.1) is 55.1 Å². The van der Waals surface area contributed by atoms with E-state index >= 15 is 4.39 Å². The Labute approximate surface area is 347 Å². The van der Waals surface area contributed by atoms with Crippen molar-refractivity contribution in [3.8, 4) is 34.5 Å². The second-order valence-electron chi connectivity index (χ2n) is 15.6. The van der Waals surface area contributed by atoms with Crippen molar-refractivity contribution in [2.75, 3.05) is 44.6 Å². The van der Waals surface area contributed by atoms with Crippen molar-refractivity contribution >= 4 is 17.5 Å². The van der Waals surface area contributed by atoms with Crippen LogP contribution in [0.15, 0.2) is 96.1 Å². The number of ether oxygens (including phenoxy) is 1. The van der Waals surface area contributed by atoms with Crippen LogP contribution >= 0.6 is 0 Å². The summed E-state index contributed by atoms with van der Waals surface area (Å²) in [5.41, 5.74) is 4.45. The number of carbonyl (C=O) groups is 2. The quantitative estimate of drug-likeness (QED) is 0.148. The highest BCUT2D eigenvalue weighted by Crippen LogP contribution is 2.31. The SMILES string of the molecule is CC(N1CCC(COc2cnc(-c3cccc(Cn4nc(-c5cccc(C#N)c5)ccc4=O)c3)nc2)CC1)N1CCNCC1c1ccc(NC2CCC(=O)NC2=O)cc1F. The van der Waals surface area contributed by atoms with Crippen LogP contribution in [-0.2, 0) is 16.1 Å². The lowest BCUT2D eigenvalue weighted by Gasteiger charge is -2.46. The van der Waals surface area contributed by atoms with Gasteiger partial charge in [-0.25, -0.2) is 19.0 Å². The zero-order valence-electron chi connectivity index (χ0n) is 33.4. The number of imide groups is 1. The molecule has 3 aliphatic heterocycles. The van der Waals surface area contributed by atoms with Gasteiger partial charge in [0.25, 0.3) is 5.56 Å². The van der Waals surface area contributed by atoms with E-state index in [1.165, 1.54) is 16.8 Å². The molecular formula is C45H47FN10O4. The Bertz CT molecular complexity index is 2450. The van der Waals surface area contributed by atoms with Gasteiger partial charge in [0, 0.05) is 67.6 Å². The van der Waals surface area contributed by atoms with Gasteiger partial charge >= 0.3 is 0 Å². The first-order chi connectivity index (χ1) is 29.2. The molecule has 14 nitrogen and oxygen atoms in total. The molecule has 60 heavy (non-hydrogen) atoms. The van der Waals surface area contributed by atoms with Gasteiger partial charge in [0.1, 0.15) is 11.9 Å². The van der Waals surface area contributed by atoms with Crippen molar-refractivity contribution in [3.05, 3.63) is 124 Å². The molecule has 15 heteroatoms. The maximum absolute atomic E-state index is 15.7. The Hall–Kier alpha value is -6.34. The first-order valence-electron chi connectivity index (χ1n) is 20.4. The second kappa shape index (κ2) is 18.3. The van der Waals surface area contributed by atoms with E-state index < -0.39 is 6.04 Å². The summed E-state index contributed by atoms with van der Waals surface area (Å²) in [6.45, 7) is 7.06. The Morgan fingerprint density at radius 1 is 0.950 bits per heavy atom. The maximum Gasteiger partial charge on any atom is 0.267 e. The fraction of sp³-hybridized carbons (Fsp3) is 0.356. The molecule has 0 bridgehead atoms. The number of nitrogens with one attached hydrogen (secondary N) is 3. The molecule has 2 amide bonds. The normalized spacial score (nSPS) is 19.6. The lowest BCUT2D eigenvalue weighted by atomic mass is 9.96. The highest BCUT2D eigenvalue weighted by atomic mass is 19.1. The van der Waals surface area contributed by atoms with Gasteiger partial charge in [-0.2, -0.15) is 10.4 Å². The largest absolute Gasteiger partial charge is 0.490 e. The number of rotatable bonds is 12. The molecule has 3 fully saturated rings. The van der Waals surface area contributed by atoms with E-state index in [9.17, 15) is 19.6 Å². The molecule has 0 radical (unpaired) electrons. The first-order valence-corrected chi connectivity index (χ1v) is 20.4. The van der Waals surface area contributed by atoms with E-state index in [0.717, 1.165) is 55.7 Å². The van der Waals surface area contributed by atoms with Gasteiger partial charge in [-0.1, -0.05) is 36.4 Å². The average molecular weight is 811 g/mol. The molecule has 0 spiro atoms. The first kappa shape index (κ1) is 40.4. The van der Waals surface area contributed by atoms with E-state index in [1.807, 2.05) is 36.4 Å². The number of likely N-dealkylation sites (tertiary alicyclic amines) is 1. The van der Waals surface area contributed by atoms with Gasteiger partial charge in [-0.3, -0.25) is 29.5 Å². The Morgan fingerprint density at radius 2 is 1.75 bits per heavy atom. The van der Waals surface area contributed by atoms with Crippen LogP contribution in [0, 0.1) is 23.1 Å². The third-order valence-corrected chi connectivity index (χ3v) is 11.7. The molecule has 3 saturated heterocycles. The van der Waals surface area contributed by atoms with E-state index in [0.29, 0.717) is 59.6 Å². The molecular weight excluding hydrogens is 764 g/mol. The van der Waals surface area contributed by atoms with Crippen LogP contribution in [0.25, 0.3) is 22.6 Å².